The first kappa shape index (κ1) is 12.9. The molecule has 3 N–H and O–H groups in total. The van der Waals surface area contributed by atoms with Gasteiger partial charge in [-0.15, -0.1) is 0 Å². The van der Waals surface area contributed by atoms with Crippen LogP contribution in [0.3, 0.4) is 0 Å². The molecule has 0 unspecified atom stereocenters. The van der Waals surface area contributed by atoms with Crippen LogP contribution in [0.1, 0.15) is 0 Å². The van der Waals surface area contributed by atoms with Gasteiger partial charge in [-0.1, -0.05) is 11.6 Å². The summed E-state index contributed by atoms with van der Waals surface area (Å²) in [6.07, 6.45) is 1.36. The minimum atomic E-state index is 0.276. The van der Waals surface area contributed by atoms with E-state index in [-0.39, 0.29) is 5.82 Å². The normalized spacial score (nSPS) is 10.2. The zero-order chi connectivity index (χ0) is 13.1. The van der Waals surface area contributed by atoms with Crippen LogP contribution in [0.4, 0.5) is 17.3 Å². The summed E-state index contributed by atoms with van der Waals surface area (Å²) in [5.74, 6) is 1.16. The first-order valence-corrected chi connectivity index (χ1v) is 6.15. The molecule has 0 atom stereocenters. The molecule has 0 aliphatic heterocycles. The zero-order valence-electron chi connectivity index (χ0n) is 9.45. The van der Waals surface area contributed by atoms with Gasteiger partial charge in [0, 0.05) is 10.2 Å². The molecule has 0 bridgehead atoms. The van der Waals surface area contributed by atoms with E-state index in [1.807, 2.05) is 12.1 Å². The summed E-state index contributed by atoms with van der Waals surface area (Å²) in [5.41, 5.74) is 6.47. The molecule has 2 aromatic rings. The van der Waals surface area contributed by atoms with Crippen molar-refractivity contribution >= 4 is 44.9 Å². The Bertz CT molecular complexity index is 579. The third-order valence-electron chi connectivity index (χ3n) is 2.22. The molecule has 0 saturated carbocycles. The van der Waals surface area contributed by atoms with Gasteiger partial charge in [-0.25, -0.2) is 9.97 Å². The first-order chi connectivity index (χ1) is 8.61. The highest BCUT2D eigenvalue weighted by atomic mass is 79.9. The molecule has 0 radical (unpaired) electrons. The number of nitrogens with one attached hydrogen (secondary N) is 1. The van der Waals surface area contributed by atoms with Crippen LogP contribution in [0, 0.1) is 0 Å². The fourth-order valence-corrected chi connectivity index (χ4v) is 1.82. The highest BCUT2D eigenvalue weighted by Crippen LogP contribution is 2.31. The van der Waals surface area contributed by atoms with Gasteiger partial charge < -0.3 is 15.8 Å². The third kappa shape index (κ3) is 2.65. The van der Waals surface area contributed by atoms with Crippen molar-refractivity contribution in [2.45, 2.75) is 0 Å². The third-order valence-corrected chi connectivity index (χ3v) is 3.45. The van der Waals surface area contributed by atoms with Gasteiger partial charge in [0.2, 0.25) is 5.75 Å². The molecule has 0 saturated heterocycles. The van der Waals surface area contributed by atoms with Gasteiger partial charge in [0.05, 0.1) is 12.1 Å². The van der Waals surface area contributed by atoms with Crippen molar-refractivity contribution in [3.8, 4) is 5.75 Å². The molecule has 0 fully saturated rings. The molecule has 0 amide bonds. The van der Waals surface area contributed by atoms with Gasteiger partial charge in [-0.2, -0.15) is 0 Å². The summed E-state index contributed by atoms with van der Waals surface area (Å²) in [6, 6.07) is 5.46. The van der Waals surface area contributed by atoms with Gasteiger partial charge in [-0.05, 0) is 34.1 Å². The Labute approximate surface area is 117 Å². The number of nitrogen functional groups attached to an aromatic ring is 1. The Balaban J connectivity index is 2.34. The van der Waals surface area contributed by atoms with E-state index in [1.54, 1.807) is 6.07 Å². The maximum Gasteiger partial charge on any atom is 0.204 e. The number of aromatic nitrogens is 2. The van der Waals surface area contributed by atoms with Crippen LogP contribution in [-0.2, 0) is 0 Å². The van der Waals surface area contributed by atoms with Crippen LogP contribution in [-0.4, -0.2) is 17.1 Å². The van der Waals surface area contributed by atoms with Crippen LogP contribution in [0.25, 0.3) is 0 Å². The van der Waals surface area contributed by atoms with E-state index in [9.17, 15) is 0 Å². The van der Waals surface area contributed by atoms with E-state index < -0.39 is 0 Å². The predicted molar refractivity (Wildman–Crippen MR) is 75.4 cm³/mol. The topological polar surface area (TPSA) is 73.1 Å². The zero-order valence-corrected chi connectivity index (χ0v) is 11.8. The number of halogens is 2. The van der Waals surface area contributed by atoms with E-state index in [4.69, 9.17) is 22.1 Å². The Morgan fingerprint density at radius 3 is 2.83 bits per heavy atom. The monoisotopic (exact) mass is 328 g/mol. The first-order valence-electron chi connectivity index (χ1n) is 4.98. The maximum absolute atomic E-state index is 6.01. The number of hydrogen-bond acceptors (Lipinski definition) is 5. The number of benzene rings is 1. The van der Waals surface area contributed by atoms with Crippen molar-refractivity contribution in [1.29, 1.82) is 0 Å². The van der Waals surface area contributed by atoms with E-state index in [0.717, 1.165) is 10.2 Å². The van der Waals surface area contributed by atoms with Crippen molar-refractivity contribution in [3.05, 3.63) is 34.0 Å². The van der Waals surface area contributed by atoms with Gasteiger partial charge in [-0.3, -0.25) is 0 Å². The van der Waals surface area contributed by atoms with Gasteiger partial charge >= 0.3 is 0 Å². The number of ether oxygens (including phenoxy) is 1. The van der Waals surface area contributed by atoms with E-state index >= 15 is 0 Å². The lowest BCUT2D eigenvalue weighted by molar-refractivity contribution is 0.415. The molecule has 18 heavy (non-hydrogen) atoms. The summed E-state index contributed by atoms with van der Waals surface area (Å²) in [4.78, 5) is 7.93. The molecule has 0 aliphatic rings. The molecule has 2 rings (SSSR count). The quantitative estimate of drug-likeness (QED) is 0.904. The summed E-state index contributed by atoms with van der Waals surface area (Å²) in [6.45, 7) is 0. The number of hydrogen-bond donors (Lipinski definition) is 2. The molecule has 5 nitrogen and oxygen atoms in total. The fourth-order valence-electron chi connectivity index (χ4n) is 1.39. The fraction of sp³-hybridized carbons (Fsp3) is 0.0909. The SMILES string of the molecule is COc1c(N)ncnc1Nc1ccc(Br)c(Cl)c1. The Hall–Kier alpha value is -1.53. The molecule has 94 valence electrons. The second-order valence-corrected chi connectivity index (χ2v) is 4.66. The van der Waals surface area contributed by atoms with Crippen molar-refractivity contribution in [3.63, 3.8) is 0 Å². The van der Waals surface area contributed by atoms with Gasteiger partial charge in [0.15, 0.2) is 11.6 Å². The van der Waals surface area contributed by atoms with Crippen molar-refractivity contribution in [1.82, 2.24) is 9.97 Å². The molecular weight excluding hydrogens is 320 g/mol. The van der Waals surface area contributed by atoms with Crippen LogP contribution in [0.15, 0.2) is 29.0 Å². The number of rotatable bonds is 3. The molecule has 1 aromatic heterocycles. The van der Waals surface area contributed by atoms with Crippen molar-refractivity contribution in [2.75, 3.05) is 18.2 Å². The Morgan fingerprint density at radius 1 is 1.39 bits per heavy atom. The lowest BCUT2D eigenvalue weighted by atomic mass is 10.3. The Morgan fingerprint density at radius 2 is 2.17 bits per heavy atom. The predicted octanol–water partition coefficient (Wildman–Crippen LogP) is 3.23. The van der Waals surface area contributed by atoms with Gasteiger partial charge in [0.1, 0.15) is 6.33 Å². The average molecular weight is 330 g/mol. The maximum atomic E-state index is 6.01. The highest BCUT2D eigenvalue weighted by Gasteiger charge is 2.10. The lowest BCUT2D eigenvalue weighted by Gasteiger charge is -2.11. The van der Waals surface area contributed by atoms with Crippen LogP contribution in [0.2, 0.25) is 5.02 Å². The molecule has 7 heteroatoms. The number of nitrogens with zero attached hydrogens (tertiary/aromatic N) is 2. The molecule has 1 heterocycles. The number of anilines is 3. The second kappa shape index (κ2) is 5.41. The van der Waals surface area contributed by atoms with E-state index in [2.05, 4.69) is 31.2 Å². The molecular formula is C11H10BrClN4O. The summed E-state index contributed by atoms with van der Waals surface area (Å²) < 4.78 is 5.97. The van der Waals surface area contributed by atoms with Gasteiger partial charge in [0.25, 0.3) is 0 Å². The largest absolute Gasteiger partial charge is 0.490 e. The van der Waals surface area contributed by atoms with Crippen LogP contribution >= 0.6 is 27.5 Å². The number of nitrogens with two attached hydrogens (primary N) is 1. The summed E-state index contributed by atoms with van der Waals surface area (Å²) in [5, 5.41) is 3.67. The second-order valence-electron chi connectivity index (χ2n) is 3.39. The summed E-state index contributed by atoms with van der Waals surface area (Å²) in [7, 11) is 1.51. The number of methoxy groups -OCH3 is 1. The highest BCUT2D eigenvalue weighted by molar-refractivity contribution is 9.10. The minimum absolute atomic E-state index is 0.276. The summed E-state index contributed by atoms with van der Waals surface area (Å²) >= 11 is 9.33. The average Bonchev–Trinajstić information content (AvgIpc) is 2.34. The minimum Gasteiger partial charge on any atom is -0.490 e. The standard InChI is InChI=1S/C11H10BrClN4O/c1-18-9-10(14)15-5-16-11(9)17-6-2-3-7(12)8(13)4-6/h2-5H,1H3,(H3,14,15,16,17). The Kier molecular flexibility index (Phi) is 3.88. The van der Waals surface area contributed by atoms with E-state index in [1.165, 1.54) is 13.4 Å². The molecule has 1 aromatic carbocycles. The molecule has 0 aliphatic carbocycles. The van der Waals surface area contributed by atoms with E-state index in [0.29, 0.717) is 16.6 Å². The van der Waals surface area contributed by atoms with Crippen molar-refractivity contribution < 1.29 is 4.74 Å². The molecule has 0 spiro atoms. The lowest BCUT2D eigenvalue weighted by Crippen LogP contribution is -2.02. The van der Waals surface area contributed by atoms with Crippen LogP contribution < -0.4 is 15.8 Å². The smallest absolute Gasteiger partial charge is 0.204 e. The van der Waals surface area contributed by atoms with Crippen LogP contribution in [0.5, 0.6) is 5.75 Å². The van der Waals surface area contributed by atoms with Crippen molar-refractivity contribution in [2.24, 2.45) is 0 Å².